The number of carbonyl (C=O) groups excluding carboxylic acids is 2. The fraction of sp³-hybridized carbons (Fsp3) is 0.481. The number of sulfonamides is 1. The lowest BCUT2D eigenvalue weighted by Crippen LogP contribution is -2.49. The predicted octanol–water partition coefficient (Wildman–Crippen LogP) is 3.58. The molecule has 2 aromatic rings. The molecule has 9 nitrogen and oxygen atoms in total. The molecule has 0 fully saturated rings. The van der Waals surface area contributed by atoms with E-state index < -0.39 is 16.1 Å². The van der Waals surface area contributed by atoms with Crippen molar-refractivity contribution in [2.24, 2.45) is 0 Å². The molecule has 0 unspecified atom stereocenters. The van der Waals surface area contributed by atoms with E-state index >= 15 is 0 Å². The van der Waals surface area contributed by atoms with Gasteiger partial charge in [-0.05, 0) is 61.2 Å². The van der Waals surface area contributed by atoms with Gasteiger partial charge in [0.2, 0.25) is 21.8 Å². The van der Waals surface area contributed by atoms with Crippen LogP contribution in [0.1, 0.15) is 45.1 Å². The summed E-state index contributed by atoms with van der Waals surface area (Å²) in [5.41, 5.74) is 1.36. The molecule has 2 amide bonds. The van der Waals surface area contributed by atoms with Gasteiger partial charge in [0.1, 0.15) is 17.5 Å². The van der Waals surface area contributed by atoms with Crippen molar-refractivity contribution in [3.63, 3.8) is 0 Å². The number of amides is 2. The molecule has 37 heavy (non-hydrogen) atoms. The summed E-state index contributed by atoms with van der Waals surface area (Å²) in [7, 11) is -0.439. The number of anilines is 1. The molecule has 0 heterocycles. The Kier molecular flexibility index (Phi) is 11.7. The first-order chi connectivity index (χ1) is 17.6. The fourth-order valence-corrected chi connectivity index (χ4v) is 4.93. The van der Waals surface area contributed by atoms with Gasteiger partial charge >= 0.3 is 0 Å². The van der Waals surface area contributed by atoms with Gasteiger partial charge in [-0.15, -0.1) is 0 Å². The third-order valence-electron chi connectivity index (χ3n) is 5.96. The smallest absolute Gasteiger partial charge is 0.242 e. The summed E-state index contributed by atoms with van der Waals surface area (Å²) in [5, 5.41) is 2.90. The van der Waals surface area contributed by atoms with Gasteiger partial charge in [-0.1, -0.05) is 26.0 Å². The van der Waals surface area contributed by atoms with Crippen LogP contribution in [-0.2, 0) is 26.2 Å². The van der Waals surface area contributed by atoms with E-state index in [9.17, 15) is 18.0 Å². The van der Waals surface area contributed by atoms with E-state index in [2.05, 4.69) is 5.32 Å². The fourth-order valence-electron chi connectivity index (χ4n) is 3.97. The van der Waals surface area contributed by atoms with E-state index in [1.54, 1.807) is 43.4 Å². The van der Waals surface area contributed by atoms with E-state index in [1.807, 2.05) is 38.1 Å². The first-order valence-corrected chi connectivity index (χ1v) is 14.3. The number of ether oxygens (including phenoxy) is 2. The largest absolute Gasteiger partial charge is 0.497 e. The zero-order chi connectivity index (χ0) is 27.4. The molecular weight excluding hydrogens is 494 g/mol. The van der Waals surface area contributed by atoms with Crippen LogP contribution >= 0.6 is 0 Å². The highest BCUT2D eigenvalue weighted by atomic mass is 32.2. The first-order valence-electron chi connectivity index (χ1n) is 12.5. The van der Waals surface area contributed by atoms with E-state index in [0.29, 0.717) is 36.6 Å². The van der Waals surface area contributed by atoms with Crippen LogP contribution in [0.25, 0.3) is 0 Å². The number of benzene rings is 2. The maximum absolute atomic E-state index is 13.4. The third kappa shape index (κ3) is 8.96. The number of carbonyl (C=O) groups is 2. The Morgan fingerprint density at radius 2 is 1.51 bits per heavy atom. The summed E-state index contributed by atoms with van der Waals surface area (Å²) in [6.45, 7) is 4.77. The molecule has 0 saturated carbocycles. The highest BCUT2D eigenvalue weighted by Crippen LogP contribution is 2.23. The second kappa shape index (κ2) is 14.5. The standard InChI is InChI=1S/C27H39N3O6S/c1-6-18-28-27(32)25(7-2)29(20-21-10-14-23(35-3)15-11-21)26(31)9-8-19-30(37(5,33)34)22-12-16-24(36-4)17-13-22/h10-17,25H,6-9,18-20H2,1-5H3,(H,28,32)/t25-/m1/s1. The molecule has 1 N–H and O–H groups in total. The number of methoxy groups -OCH3 is 2. The average Bonchev–Trinajstić information content (AvgIpc) is 2.89. The van der Waals surface area contributed by atoms with Crippen molar-refractivity contribution in [3.05, 3.63) is 54.1 Å². The third-order valence-corrected chi connectivity index (χ3v) is 7.15. The molecule has 2 aromatic carbocycles. The molecule has 204 valence electrons. The van der Waals surface area contributed by atoms with E-state index in [-0.39, 0.29) is 31.3 Å². The van der Waals surface area contributed by atoms with Crippen molar-refractivity contribution in [1.29, 1.82) is 0 Å². The van der Waals surface area contributed by atoms with Gasteiger partial charge in [-0.3, -0.25) is 13.9 Å². The Labute approximate surface area is 220 Å². The minimum Gasteiger partial charge on any atom is -0.497 e. The van der Waals surface area contributed by atoms with Crippen LogP contribution in [0.2, 0.25) is 0 Å². The molecule has 2 rings (SSSR count). The van der Waals surface area contributed by atoms with Crippen LogP contribution in [0, 0.1) is 0 Å². The Morgan fingerprint density at radius 3 is 2.00 bits per heavy atom. The van der Waals surface area contributed by atoms with E-state index in [1.165, 1.54) is 4.31 Å². The Bertz CT molecular complexity index is 1100. The van der Waals surface area contributed by atoms with Gasteiger partial charge in [-0.2, -0.15) is 0 Å². The van der Waals surface area contributed by atoms with Crippen molar-refractivity contribution in [3.8, 4) is 11.5 Å². The van der Waals surface area contributed by atoms with Crippen LogP contribution in [-0.4, -0.2) is 64.7 Å². The van der Waals surface area contributed by atoms with Crippen LogP contribution < -0.4 is 19.1 Å². The number of hydrogen-bond acceptors (Lipinski definition) is 6. The SMILES string of the molecule is CCCNC(=O)[C@@H](CC)N(Cc1ccc(OC)cc1)C(=O)CCCN(c1ccc(OC)cc1)S(C)(=O)=O. The van der Waals surface area contributed by atoms with Crippen molar-refractivity contribution in [2.75, 3.05) is 37.9 Å². The first kappa shape index (κ1) is 30.0. The van der Waals surface area contributed by atoms with Gasteiger partial charge < -0.3 is 19.7 Å². The Balaban J connectivity index is 2.19. The molecule has 0 aromatic heterocycles. The highest BCUT2D eigenvalue weighted by Gasteiger charge is 2.28. The van der Waals surface area contributed by atoms with Crippen molar-refractivity contribution in [2.45, 2.75) is 52.1 Å². The monoisotopic (exact) mass is 533 g/mol. The quantitative estimate of drug-likeness (QED) is 0.375. The molecular formula is C27H39N3O6S. The molecule has 1 atom stereocenters. The highest BCUT2D eigenvalue weighted by molar-refractivity contribution is 7.92. The maximum Gasteiger partial charge on any atom is 0.242 e. The molecule has 0 aliphatic heterocycles. The van der Waals surface area contributed by atoms with Crippen molar-refractivity contribution in [1.82, 2.24) is 10.2 Å². The number of nitrogens with zero attached hydrogens (tertiary/aromatic N) is 2. The second-order valence-corrected chi connectivity index (χ2v) is 10.6. The summed E-state index contributed by atoms with van der Waals surface area (Å²) in [6.07, 6.45) is 2.78. The molecule has 0 aliphatic carbocycles. The van der Waals surface area contributed by atoms with Crippen LogP contribution in [0.15, 0.2) is 48.5 Å². The predicted molar refractivity (Wildman–Crippen MR) is 145 cm³/mol. The number of rotatable bonds is 15. The van der Waals surface area contributed by atoms with Crippen LogP contribution in [0.5, 0.6) is 11.5 Å². The lowest BCUT2D eigenvalue weighted by Gasteiger charge is -2.31. The Morgan fingerprint density at radius 1 is 0.946 bits per heavy atom. The Hall–Kier alpha value is -3.27. The number of hydrogen-bond donors (Lipinski definition) is 1. The summed E-state index contributed by atoms with van der Waals surface area (Å²) in [5.74, 6) is 0.918. The summed E-state index contributed by atoms with van der Waals surface area (Å²) < 4.78 is 36.6. The minimum atomic E-state index is -3.56. The van der Waals surface area contributed by atoms with Gasteiger partial charge in [0.15, 0.2) is 0 Å². The summed E-state index contributed by atoms with van der Waals surface area (Å²) >= 11 is 0. The average molecular weight is 534 g/mol. The molecule has 0 radical (unpaired) electrons. The zero-order valence-electron chi connectivity index (χ0n) is 22.4. The topological polar surface area (TPSA) is 105 Å². The minimum absolute atomic E-state index is 0.0931. The molecule has 0 spiro atoms. The van der Waals surface area contributed by atoms with Crippen molar-refractivity contribution < 1.29 is 27.5 Å². The molecule has 0 aliphatic rings. The van der Waals surface area contributed by atoms with Crippen LogP contribution in [0.4, 0.5) is 5.69 Å². The summed E-state index contributed by atoms with van der Waals surface area (Å²) in [6, 6.07) is 13.4. The molecule has 0 bridgehead atoms. The number of nitrogens with one attached hydrogen (secondary N) is 1. The normalized spacial score (nSPS) is 11.9. The van der Waals surface area contributed by atoms with E-state index in [4.69, 9.17) is 9.47 Å². The van der Waals surface area contributed by atoms with Gasteiger partial charge in [0.05, 0.1) is 26.2 Å². The van der Waals surface area contributed by atoms with Crippen molar-refractivity contribution >= 4 is 27.5 Å². The second-order valence-electron chi connectivity index (χ2n) is 8.72. The lowest BCUT2D eigenvalue weighted by atomic mass is 10.1. The van der Waals surface area contributed by atoms with Gasteiger partial charge in [0.25, 0.3) is 0 Å². The van der Waals surface area contributed by atoms with E-state index in [0.717, 1.165) is 18.2 Å². The maximum atomic E-state index is 13.4. The van der Waals surface area contributed by atoms with Crippen LogP contribution in [0.3, 0.4) is 0 Å². The zero-order valence-corrected chi connectivity index (χ0v) is 23.2. The van der Waals surface area contributed by atoms with Gasteiger partial charge in [0, 0.05) is 26.1 Å². The molecule has 0 saturated heterocycles. The summed E-state index contributed by atoms with van der Waals surface area (Å²) in [4.78, 5) is 27.9. The molecule has 10 heteroatoms. The van der Waals surface area contributed by atoms with Gasteiger partial charge in [-0.25, -0.2) is 8.42 Å². The lowest BCUT2D eigenvalue weighted by molar-refractivity contribution is -0.141.